The van der Waals surface area contributed by atoms with Crippen molar-refractivity contribution in [3.63, 3.8) is 0 Å². The van der Waals surface area contributed by atoms with Crippen molar-refractivity contribution in [3.05, 3.63) is 64.6 Å². The van der Waals surface area contributed by atoms with E-state index in [0.29, 0.717) is 11.4 Å². The number of hydrogen-bond acceptors (Lipinski definition) is 3. The summed E-state index contributed by atoms with van der Waals surface area (Å²) in [4.78, 5) is 16.3. The number of H-pyrrole nitrogens is 1. The van der Waals surface area contributed by atoms with Gasteiger partial charge in [0.05, 0.1) is 0 Å². The number of nitrogens with zero attached hydrogens (tertiary/aromatic N) is 2. The lowest BCUT2D eigenvalue weighted by Crippen LogP contribution is -2.12. The Morgan fingerprint density at radius 3 is 2.67 bits per heavy atom. The van der Waals surface area contributed by atoms with E-state index in [9.17, 15) is 4.79 Å². The summed E-state index contributed by atoms with van der Waals surface area (Å²) in [5, 5.41) is 9.47. The first-order chi connectivity index (χ1) is 10.2. The summed E-state index contributed by atoms with van der Waals surface area (Å²) < 4.78 is 0.950. The van der Waals surface area contributed by atoms with Gasteiger partial charge in [0, 0.05) is 15.6 Å². The minimum Gasteiger partial charge on any atom is -0.289 e. The molecule has 1 aromatic heterocycles. The highest BCUT2D eigenvalue weighted by molar-refractivity contribution is 9.10. The number of carbonyl (C=O) groups excluding carboxylic acids is 1. The molecule has 0 saturated carbocycles. The van der Waals surface area contributed by atoms with Crippen molar-refractivity contribution in [2.75, 3.05) is 5.32 Å². The van der Waals surface area contributed by atoms with Crippen LogP contribution in [0, 0.1) is 0 Å². The van der Waals surface area contributed by atoms with Crippen LogP contribution in [0.25, 0.3) is 11.4 Å². The molecule has 21 heavy (non-hydrogen) atoms. The lowest BCUT2D eigenvalue weighted by atomic mass is 10.2. The van der Waals surface area contributed by atoms with Gasteiger partial charge in [0.2, 0.25) is 5.95 Å². The van der Waals surface area contributed by atoms with Crippen LogP contribution in [-0.2, 0) is 0 Å². The third-order valence-corrected chi connectivity index (χ3v) is 3.34. The van der Waals surface area contributed by atoms with Crippen molar-refractivity contribution in [2.24, 2.45) is 0 Å². The summed E-state index contributed by atoms with van der Waals surface area (Å²) in [7, 11) is 0. The highest BCUT2D eigenvalue weighted by Crippen LogP contribution is 2.20. The first-order valence-electron chi connectivity index (χ1n) is 6.27. The van der Waals surface area contributed by atoms with Gasteiger partial charge >= 0.3 is 0 Å². The quantitative estimate of drug-likeness (QED) is 0.765. The normalized spacial score (nSPS) is 10.3. The van der Waals surface area contributed by atoms with Crippen LogP contribution in [-0.4, -0.2) is 21.1 Å². The second kappa shape index (κ2) is 5.88. The lowest BCUT2D eigenvalue weighted by Gasteiger charge is -1.99. The third-order valence-electron chi connectivity index (χ3n) is 2.84. The second-order valence-electron chi connectivity index (χ2n) is 4.34. The summed E-state index contributed by atoms with van der Waals surface area (Å²) >= 11 is 3.41. The number of aromatic nitrogens is 3. The number of anilines is 1. The highest BCUT2D eigenvalue weighted by Gasteiger charge is 2.10. The van der Waals surface area contributed by atoms with E-state index in [1.807, 2.05) is 30.3 Å². The molecule has 3 rings (SSSR count). The molecule has 0 spiro atoms. The van der Waals surface area contributed by atoms with Crippen LogP contribution >= 0.6 is 15.9 Å². The fourth-order valence-electron chi connectivity index (χ4n) is 1.85. The zero-order valence-corrected chi connectivity index (χ0v) is 12.5. The van der Waals surface area contributed by atoms with E-state index in [1.165, 1.54) is 0 Å². The van der Waals surface area contributed by atoms with E-state index in [0.717, 1.165) is 10.0 Å². The third kappa shape index (κ3) is 3.17. The van der Waals surface area contributed by atoms with E-state index in [4.69, 9.17) is 0 Å². The maximum Gasteiger partial charge on any atom is 0.258 e. The molecule has 2 N–H and O–H groups in total. The Morgan fingerprint density at radius 2 is 1.90 bits per heavy atom. The SMILES string of the molecule is O=C(Nc1n[nH]c(-c2cccc(Br)c2)n1)c1ccccc1. The molecule has 0 bridgehead atoms. The van der Waals surface area contributed by atoms with Gasteiger partial charge < -0.3 is 0 Å². The van der Waals surface area contributed by atoms with E-state index in [1.54, 1.807) is 24.3 Å². The Hall–Kier alpha value is -2.47. The average Bonchev–Trinajstić information content (AvgIpc) is 2.97. The Morgan fingerprint density at radius 1 is 1.10 bits per heavy atom. The molecule has 6 heteroatoms. The van der Waals surface area contributed by atoms with Gasteiger partial charge in [-0.25, -0.2) is 0 Å². The molecule has 1 heterocycles. The van der Waals surface area contributed by atoms with Crippen LogP contribution in [0.5, 0.6) is 0 Å². The Bertz CT molecular complexity index is 770. The molecule has 0 aliphatic carbocycles. The smallest absolute Gasteiger partial charge is 0.258 e. The van der Waals surface area contributed by atoms with Gasteiger partial charge in [0.25, 0.3) is 5.91 Å². The van der Waals surface area contributed by atoms with Gasteiger partial charge in [-0.2, -0.15) is 4.98 Å². The molecule has 2 aromatic carbocycles. The molecule has 0 unspecified atom stereocenters. The first-order valence-corrected chi connectivity index (χ1v) is 7.06. The summed E-state index contributed by atoms with van der Waals surface area (Å²) in [6.45, 7) is 0. The van der Waals surface area contributed by atoms with Crippen LogP contribution in [0.4, 0.5) is 5.95 Å². The Labute approximate surface area is 129 Å². The van der Waals surface area contributed by atoms with Crippen molar-refractivity contribution in [1.29, 1.82) is 0 Å². The van der Waals surface area contributed by atoms with Crippen LogP contribution in [0.15, 0.2) is 59.1 Å². The zero-order chi connectivity index (χ0) is 14.7. The number of rotatable bonds is 3. The Balaban J connectivity index is 1.78. The Kier molecular flexibility index (Phi) is 3.79. The van der Waals surface area contributed by atoms with Crippen LogP contribution in [0.2, 0.25) is 0 Å². The molecular weight excluding hydrogens is 332 g/mol. The standard InChI is InChI=1S/C15H11BrN4O/c16-12-8-4-7-11(9-12)13-17-15(20-19-13)18-14(21)10-5-2-1-3-6-10/h1-9H,(H2,17,18,19,20,21). The molecule has 104 valence electrons. The number of aromatic amines is 1. The summed E-state index contributed by atoms with van der Waals surface area (Å²) in [6, 6.07) is 16.6. The number of amides is 1. The molecule has 5 nitrogen and oxygen atoms in total. The topological polar surface area (TPSA) is 70.7 Å². The summed E-state index contributed by atoms with van der Waals surface area (Å²) in [5.41, 5.74) is 1.45. The van der Waals surface area contributed by atoms with Crippen molar-refractivity contribution < 1.29 is 4.79 Å². The number of carbonyl (C=O) groups is 1. The molecule has 1 amide bonds. The molecular formula is C15H11BrN4O. The maximum absolute atomic E-state index is 12.0. The van der Waals surface area contributed by atoms with E-state index in [2.05, 4.69) is 36.4 Å². The molecule has 0 radical (unpaired) electrons. The van der Waals surface area contributed by atoms with Crippen molar-refractivity contribution in [3.8, 4) is 11.4 Å². The number of benzene rings is 2. The largest absolute Gasteiger partial charge is 0.289 e. The molecule has 0 atom stereocenters. The fourth-order valence-corrected chi connectivity index (χ4v) is 2.25. The average molecular weight is 343 g/mol. The van der Waals surface area contributed by atoms with Crippen molar-refractivity contribution in [2.45, 2.75) is 0 Å². The lowest BCUT2D eigenvalue weighted by molar-refractivity contribution is 0.102. The van der Waals surface area contributed by atoms with Gasteiger partial charge in [-0.3, -0.25) is 15.2 Å². The summed E-state index contributed by atoms with van der Waals surface area (Å²) in [6.07, 6.45) is 0. The first kappa shape index (κ1) is 13.5. The molecule has 0 aliphatic rings. The predicted octanol–water partition coefficient (Wildman–Crippen LogP) is 3.49. The fraction of sp³-hybridized carbons (Fsp3) is 0. The van der Waals surface area contributed by atoms with Crippen molar-refractivity contribution in [1.82, 2.24) is 15.2 Å². The maximum atomic E-state index is 12.0. The number of nitrogens with one attached hydrogen (secondary N) is 2. The van der Waals surface area contributed by atoms with E-state index in [-0.39, 0.29) is 11.9 Å². The molecule has 0 saturated heterocycles. The molecule has 0 fully saturated rings. The second-order valence-corrected chi connectivity index (χ2v) is 5.25. The van der Waals surface area contributed by atoms with Gasteiger partial charge in [0.1, 0.15) is 0 Å². The van der Waals surface area contributed by atoms with Crippen molar-refractivity contribution >= 4 is 27.8 Å². The van der Waals surface area contributed by atoms with Crippen LogP contribution < -0.4 is 5.32 Å². The predicted molar refractivity (Wildman–Crippen MR) is 83.9 cm³/mol. The van der Waals surface area contributed by atoms with Crippen LogP contribution in [0.3, 0.4) is 0 Å². The highest BCUT2D eigenvalue weighted by atomic mass is 79.9. The molecule has 0 aliphatic heterocycles. The number of halogens is 1. The monoisotopic (exact) mass is 342 g/mol. The minimum atomic E-state index is -0.240. The van der Waals surface area contributed by atoms with Gasteiger partial charge in [-0.1, -0.05) is 46.3 Å². The van der Waals surface area contributed by atoms with Gasteiger partial charge in [0.15, 0.2) is 5.82 Å². The van der Waals surface area contributed by atoms with E-state index >= 15 is 0 Å². The zero-order valence-electron chi connectivity index (χ0n) is 10.9. The van der Waals surface area contributed by atoms with Gasteiger partial charge in [-0.05, 0) is 24.3 Å². The number of hydrogen-bond donors (Lipinski definition) is 2. The van der Waals surface area contributed by atoms with E-state index < -0.39 is 0 Å². The molecule has 3 aromatic rings. The van der Waals surface area contributed by atoms with Crippen LogP contribution in [0.1, 0.15) is 10.4 Å². The minimum absolute atomic E-state index is 0.240. The van der Waals surface area contributed by atoms with Gasteiger partial charge in [-0.15, -0.1) is 5.10 Å². The summed E-state index contributed by atoms with van der Waals surface area (Å²) in [5.74, 6) is 0.605.